The Bertz CT molecular complexity index is 126. The van der Waals surface area contributed by atoms with Gasteiger partial charge in [0.25, 0.3) is 0 Å². The molecule has 3 heteroatoms. The molecule has 4 N–H and O–H groups in total. The summed E-state index contributed by atoms with van der Waals surface area (Å²) in [5.41, 5.74) is 12.3. The van der Waals surface area contributed by atoms with Gasteiger partial charge in [0, 0.05) is 0 Å². The number of hydrogen-bond donors (Lipinski definition) is 2. The lowest BCUT2D eigenvalue weighted by atomic mass is 10.4. The van der Waals surface area contributed by atoms with Crippen LogP contribution in [0, 0.1) is 0 Å². The second-order valence-corrected chi connectivity index (χ2v) is 1.58. The first-order valence-electron chi connectivity index (χ1n) is 2.39. The Morgan fingerprint density at radius 2 is 1.56 bits per heavy atom. The van der Waals surface area contributed by atoms with Crippen molar-refractivity contribution >= 4 is 6.03 Å². The van der Waals surface area contributed by atoms with E-state index >= 15 is 0 Å². The lowest BCUT2D eigenvalue weighted by Crippen LogP contribution is -2.18. The van der Waals surface area contributed by atoms with Crippen molar-refractivity contribution in [2.24, 2.45) is 11.5 Å². The van der Waals surface area contributed by atoms with Crippen LogP contribution in [0.5, 0.6) is 0 Å². The van der Waals surface area contributed by atoms with E-state index in [1.807, 2.05) is 13.8 Å². The predicted octanol–water partition coefficient (Wildman–Crippen LogP) is 0.761. The number of carbonyl (C=O) groups is 1. The molecule has 0 aliphatic carbocycles. The van der Waals surface area contributed by atoms with Gasteiger partial charge in [-0.3, -0.25) is 0 Å². The van der Waals surface area contributed by atoms with Gasteiger partial charge in [-0.1, -0.05) is 6.58 Å². The van der Waals surface area contributed by atoms with Crippen molar-refractivity contribution in [2.75, 3.05) is 0 Å². The molecule has 52 valence electrons. The summed E-state index contributed by atoms with van der Waals surface area (Å²) in [6.07, 6.45) is 0. The highest BCUT2D eigenvalue weighted by Gasteiger charge is 1.60. The first-order valence-corrected chi connectivity index (χ1v) is 2.39. The zero-order chi connectivity index (χ0) is 7.86. The minimum Gasteiger partial charge on any atom is -0.352 e. The van der Waals surface area contributed by atoms with Gasteiger partial charge in [-0.15, -0.1) is 5.73 Å². The minimum absolute atomic E-state index is 0.833. The molecule has 0 saturated heterocycles. The number of allylic oxidation sites excluding steroid dienone is 1. The Hall–Kier alpha value is -1.21. The Morgan fingerprint density at radius 3 is 1.56 bits per heavy atom. The van der Waals surface area contributed by atoms with Crippen LogP contribution in [0.3, 0.4) is 0 Å². The highest BCUT2D eigenvalue weighted by molar-refractivity contribution is 5.69. The Kier molecular flexibility index (Phi) is 8.08. The van der Waals surface area contributed by atoms with Crippen LogP contribution >= 0.6 is 0 Å². The molecule has 0 bridgehead atoms. The first kappa shape index (κ1) is 10.7. The highest BCUT2D eigenvalue weighted by Crippen LogP contribution is 1.77. The minimum atomic E-state index is -0.833. The van der Waals surface area contributed by atoms with Crippen molar-refractivity contribution in [2.45, 2.75) is 13.8 Å². The lowest BCUT2D eigenvalue weighted by Gasteiger charge is -1.67. The van der Waals surface area contributed by atoms with Crippen LogP contribution in [-0.4, -0.2) is 6.03 Å². The maximum atomic E-state index is 9.00. The van der Waals surface area contributed by atoms with Crippen LogP contribution in [0.4, 0.5) is 4.79 Å². The fourth-order valence-corrected chi connectivity index (χ4v) is 0. The fourth-order valence-electron chi connectivity index (χ4n) is 0. The molecule has 0 fully saturated rings. The summed E-state index contributed by atoms with van der Waals surface area (Å²) in [7, 11) is 0. The van der Waals surface area contributed by atoms with E-state index in [-0.39, 0.29) is 0 Å². The summed E-state index contributed by atoms with van der Waals surface area (Å²) in [5.74, 6) is 0. The van der Waals surface area contributed by atoms with Gasteiger partial charge in [0.2, 0.25) is 0 Å². The molecule has 9 heavy (non-hydrogen) atoms. The van der Waals surface area contributed by atoms with E-state index in [1.54, 1.807) is 0 Å². The SMILES string of the molecule is C=C=C(C)C.NC(N)=O. The maximum absolute atomic E-state index is 9.00. The molecule has 0 radical (unpaired) electrons. The van der Waals surface area contributed by atoms with E-state index in [2.05, 4.69) is 23.8 Å². The summed E-state index contributed by atoms with van der Waals surface area (Å²) in [6.45, 7) is 7.33. The average Bonchev–Trinajstić information content (AvgIpc) is 1.65. The molecular weight excluding hydrogens is 116 g/mol. The third kappa shape index (κ3) is 250. The van der Waals surface area contributed by atoms with Gasteiger partial charge in [0.05, 0.1) is 0 Å². The normalized spacial score (nSPS) is 6.00. The van der Waals surface area contributed by atoms with E-state index in [1.165, 1.54) is 0 Å². The van der Waals surface area contributed by atoms with Crippen molar-refractivity contribution in [1.29, 1.82) is 0 Å². The van der Waals surface area contributed by atoms with Crippen LogP contribution in [0.1, 0.15) is 13.8 Å². The van der Waals surface area contributed by atoms with Crippen molar-refractivity contribution < 1.29 is 4.79 Å². The molecule has 0 aliphatic rings. The summed E-state index contributed by atoms with van der Waals surface area (Å²) < 4.78 is 0. The van der Waals surface area contributed by atoms with Gasteiger partial charge >= 0.3 is 6.03 Å². The molecule has 2 amide bonds. The largest absolute Gasteiger partial charge is 0.352 e. The summed E-state index contributed by atoms with van der Waals surface area (Å²) in [4.78, 5) is 9.00. The molecule has 3 nitrogen and oxygen atoms in total. The summed E-state index contributed by atoms with van der Waals surface area (Å²) >= 11 is 0. The highest BCUT2D eigenvalue weighted by atomic mass is 16.2. The van der Waals surface area contributed by atoms with Crippen molar-refractivity contribution in [3.8, 4) is 0 Å². The Balaban J connectivity index is 0. The number of urea groups is 1. The molecule has 0 aromatic carbocycles. The fraction of sp³-hybridized carbons (Fsp3) is 0.333. The molecule has 0 aromatic heterocycles. The second-order valence-electron chi connectivity index (χ2n) is 1.58. The molecule has 0 unspecified atom stereocenters. The second kappa shape index (κ2) is 6.79. The molecule has 0 heterocycles. The predicted molar refractivity (Wildman–Crippen MR) is 37.8 cm³/mol. The van der Waals surface area contributed by atoms with E-state index in [0.29, 0.717) is 0 Å². The number of rotatable bonds is 0. The van der Waals surface area contributed by atoms with Crippen LogP contribution in [0.2, 0.25) is 0 Å². The smallest absolute Gasteiger partial charge is 0.309 e. The summed E-state index contributed by atoms with van der Waals surface area (Å²) in [5, 5.41) is 0. The number of amides is 2. The lowest BCUT2D eigenvalue weighted by molar-refractivity contribution is 0.256. The van der Waals surface area contributed by atoms with E-state index in [0.717, 1.165) is 5.57 Å². The molecule has 0 rings (SSSR count). The first-order chi connectivity index (χ1) is 4.00. The zero-order valence-electron chi connectivity index (χ0n) is 5.77. The molecule has 0 aliphatic heterocycles. The van der Waals surface area contributed by atoms with Crippen molar-refractivity contribution in [1.82, 2.24) is 0 Å². The molecule has 0 aromatic rings. The van der Waals surface area contributed by atoms with Gasteiger partial charge < -0.3 is 11.5 Å². The topological polar surface area (TPSA) is 69.1 Å². The van der Waals surface area contributed by atoms with E-state index in [9.17, 15) is 0 Å². The number of nitrogens with two attached hydrogens (primary N) is 2. The average molecular weight is 128 g/mol. The number of hydrogen-bond acceptors (Lipinski definition) is 1. The number of carbonyl (C=O) groups excluding carboxylic acids is 1. The Morgan fingerprint density at radius 1 is 1.44 bits per heavy atom. The summed E-state index contributed by atoms with van der Waals surface area (Å²) in [6, 6.07) is -0.833. The standard InChI is InChI=1S/C5H8.CH4N2O/c1-4-5(2)3;2-1(3)4/h1H2,2-3H3;(H4,2,3,4). The molecule has 0 saturated carbocycles. The molecule has 0 spiro atoms. The van der Waals surface area contributed by atoms with Crippen molar-refractivity contribution in [3.63, 3.8) is 0 Å². The van der Waals surface area contributed by atoms with Gasteiger partial charge in [0.15, 0.2) is 0 Å². The van der Waals surface area contributed by atoms with Crippen LogP contribution < -0.4 is 11.5 Å². The number of primary amides is 2. The third-order valence-corrected chi connectivity index (χ3v) is 0.354. The van der Waals surface area contributed by atoms with Gasteiger partial charge in [-0.05, 0) is 19.4 Å². The van der Waals surface area contributed by atoms with Crippen LogP contribution in [-0.2, 0) is 0 Å². The monoisotopic (exact) mass is 128 g/mol. The Labute approximate surface area is 55.0 Å². The van der Waals surface area contributed by atoms with Gasteiger partial charge in [0.1, 0.15) is 0 Å². The zero-order valence-corrected chi connectivity index (χ0v) is 5.77. The maximum Gasteiger partial charge on any atom is 0.309 e. The van der Waals surface area contributed by atoms with Gasteiger partial charge in [-0.25, -0.2) is 4.79 Å². The quantitative estimate of drug-likeness (QED) is 0.464. The third-order valence-electron chi connectivity index (χ3n) is 0.354. The van der Waals surface area contributed by atoms with Crippen molar-refractivity contribution in [3.05, 3.63) is 17.9 Å². The molecule has 0 atom stereocenters. The van der Waals surface area contributed by atoms with Gasteiger partial charge in [-0.2, -0.15) is 0 Å². The van der Waals surface area contributed by atoms with E-state index in [4.69, 9.17) is 4.79 Å². The van der Waals surface area contributed by atoms with E-state index < -0.39 is 6.03 Å². The van der Waals surface area contributed by atoms with Crippen LogP contribution in [0.15, 0.2) is 17.9 Å². The molecular formula is C6H12N2O. The van der Waals surface area contributed by atoms with Crippen LogP contribution in [0.25, 0.3) is 0 Å².